The van der Waals surface area contributed by atoms with Gasteiger partial charge in [-0.25, -0.2) is 4.98 Å². The summed E-state index contributed by atoms with van der Waals surface area (Å²) in [5.74, 6) is 0.787. The summed E-state index contributed by atoms with van der Waals surface area (Å²) in [5.41, 5.74) is 1.08. The van der Waals surface area contributed by atoms with Gasteiger partial charge in [-0.3, -0.25) is 0 Å². The molecule has 0 atom stereocenters. The maximum atomic E-state index is 5.82. The SMILES string of the molecule is CC(C)NCc1nc(COCC2CCCCC2)cs1. The molecule has 0 aliphatic heterocycles. The lowest BCUT2D eigenvalue weighted by Gasteiger charge is -2.20. The van der Waals surface area contributed by atoms with E-state index in [2.05, 4.69) is 29.5 Å². The van der Waals surface area contributed by atoms with Gasteiger partial charge in [-0.05, 0) is 18.8 Å². The molecule has 1 fully saturated rings. The third-order valence-electron chi connectivity index (χ3n) is 3.59. The zero-order chi connectivity index (χ0) is 13.5. The Morgan fingerprint density at radius 1 is 1.37 bits per heavy atom. The summed E-state index contributed by atoms with van der Waals surface area (Å²) >= 11 is 1.72. The molecule has 2 rings (SSSR count). The van der Waals surface area contributed by atoms with E-state index < -0.39 is 0 Å². The number of nitrogens with one attached hydrogen (secondary N) is 1. The molecule has 1 aliphatic carbocycles. The normalized spacial score (nSPS) is 17.2. The van der Waals surface area contributed by atoms with Crippen LogP contribution >= 0.6 is 11.3 Å². The summed E-state index contributed by atoms with van der Waals surface area (Å²) in [7, 11) is 0. The highest BCUT2D eigenvalue weighted by atomic mass is 32.1. The van der Waals surface area contributed by atoms with E-state index in [0.29, 0.717) is 12.6 Å². The molecule has 0 amide bonds. The van der Waals surface area contributed by atoms with Crippen LogP contribution in [0.5, 0.6) is 0 Å². The minimum absolute atomic E-state index is 0.509. The maximum absolute atomic E-state index is 5.82. The molecule has 0 spiro atoms. The molecule has 19 heavy (non-hydrogen) atoms. The molecule has 1 aromatic heterocycles. The van der Waals surface area contributed by atoms with Gasteiger partial charge < -0.3 is 10.1 Å². The third-order valence-corrected chi connectivity index (χ3v) is 4.49. The smallest absolute Gasteiger partial charge is 0.107 e. The average Bonchev–Trinajstić information content (AvgIpc) is 2.86. The first-order valence-electron chi connectivity index (χ1n) is 7.48. The lowest BCUT2D eigenvalue weighted by molar-refractivity contribution is 0.0722. The van der Waals surface area contributed by atoms with E-state index >= 15 is 0 Å². The van der Waals surface area contributed by atoms with E-state index in [4.69, 9.17) is 4.74 Å². The molecule has 4 heteroatoms. The van der Waals surface area contributed by atoms with Crippen LogP contribution in [0.3, 0.4) is 0 Å². The number of hydrogen-bond donors (Lipinski definition) is 1. The molecule has 1 aromatic rings. The molecule has 108 valence electrons. The second kappa shape index (κ2) is 7.98. The van der Waals surface area contributed by atoms with Gasteiger partial charge in [0.05, 0.1) is 12.3 Å². The molecule has 3 nitrogen and oxygen atoms in total. The second-order valence-electron chi connectivity index (χ2n) is 5.79. The van der Waals surface area contributed by atoms with Crippen molar-refractivity contribution in [3.05, 3.63) is 16.1 Å². The quantitative estimate of drug-likeness (QED) is 0.827. The Morgan fingerprint density at radius 3 is 2.89 bits per heavy atom. The van der Waals surface area contributed by atoms with Gasteiger partial charge in [-0.15, -0.1) is 11.3 Å². The van der Waals surface area contributed by atoms with Gasteiger partial charge >= 0.3 is 0 Å². The molecule has 0 saturated heterocycles. The van der Waals surface area contributed by atoms with Crippen LogP contribution in [0.15, 0.2) is 5.38 Å². The van der Waals surface area contributed by atoms with Crippen molar-refractivity contribution in [2.75, 3.05) is 6.61 Å². The summed E-state index contributed by atoms with van der Waals surface area (Å²) in [6, 6.07) is 0.509. The van der Waals surface area contributed by atoms with Crippen LogP contribution in [0.2, 0.25) is 0 Å². The largest absolute Gasteiger partial charge is 0.375 e. The zero-order valence-corrected chi connectivity index (χ0v) is 13.0. The molecule has 0 radical (unpaired) electrons. The molecule has 0 bridgehead atoms. The summed E-state index contributed by atoms with van der Waals surface area (Å²) in [6.07, 6.45) is 6.88. The van der Waals surface area contributed by atoms with Gasteiger partial charge in [0, 0.05) is 24.6 Å². The topological polar surface area (TPSA) is 34.2 Å². The predicted octanol–water partition coefficient (Wildman–Crippen LogP) is 3.74. The van der Waals surface area contributed by atoms with E-state index in [1.165, 1.54) is 32.1 Å². The van der Waals surface area contributed by atoms with Crippen molar-refractivity contribution in [3.63, 3.8) is 0 Å². The highest BCUT2D eigenvalue weighted by molar-refractivity contribution is 7.09. The zero-order valence-electron chi connectivity index (χ0n) is 12.2. The van der Waals surface area contributed by atoms with Gasteiger partial charge in [0.25, 0.3) is 0 Å². The lowest BCUT2D eigenvalue weighted by atomic mass is 9.90. The third kappa shape index (κ3) is 5.59. The van der Waals surface area contributed by atoms with E-state index in [0.717, 1.165) is 29.8 Å². The van der Waals surface area contributed by atoms with Crippen LogP contribution in [-0.4, -0.2) is 17.6 Å². The number of aromatic nitrogens is 1. The van der Waals surface area contributed by atoms with Gasteiger partial charge in [0.15, 0.2) is 0 Å². The number of hydrogen-bond acceptors (Lipinski definition) is 4. The second-order valence-corrected chi connectivity index (χ2v) is 6.73. The molecular weight excluding hydrogens is 256 g/mol. The Labute approximate surface area is 120 Å². The van der Waals surface area contributed by atoms with Gasteiger partial charge in [-0.2, -0.15) is 0 Å². The molecule has 0 unspecified atom stereocenters. The highest BCUT2D eigenvalue weighted by Crippen LogP contribution is 2.24. The van der Waals surface area contributed by atoms with E-state index in [-0.39, 0.29) is 0 Å². The maximum Gasteiger partial charge on any atom is 0.107 e. The minimum atomic E-state index is 0.509. The molecule has 0 aromatic carbocycles. The van der Waals surface area contributed by atoms with Crippen molar-refractivity contribution in [1.82, 2.24) is 10.3 Å². The fourth-order valence-corrected chi connectivity index (χ4v) is 3.20. The van der Waals surface area contributed by atoms with Crippen LogP contribution in [0, 0.1) is 5.92 Å². The van der Waals surface area contributed by atoms with Crippen LogP contribution < -0.4 is 5.32 Å². The summed E-state index contributed by atoms with van der Waals surface area (Å²) in [6.45, 7) is 6.76. The predicted molar refractivity (Wildman–Crippen MR) is 80.3 cm³/mol. The fourth-order valence-electron chi connectivity index (χ4n) is 2.47. The first-order valence-corrected chi connectivity index (χ1v) is 8.36. The first-order chi connectivity index (χ1) is 9.24. The standard InChI is InChI=1S/C15H26N2OS/c1-12(2)16-8-15-17-14(11-19-15)10-18-9-13-6-4-3-5-7-13/h11-13,16H,3-10H2,1-2H3. The van der Waals surface area contributed by atoms with Crippen molar-refractivity contribution in [2.45, 2.75) is 65.1 Å². The Morgan fingerprint density at radius 2 is 2.16 bits per heavy atom. The number of rotatable bonds is 7. The number of nitrogens with zero attached hydrogens (tertiary/aromatic N) is 1. The monoisotopic (exact) mass is 282 g/mol. The molecule has 1 saturated carbocycles. The van der Waals surface area contributed by atoms with E-state index in [9.17, 15) is 0 Å². The Bertz CT molecular complexity index is 359. The number of thiazole rings is 1. The lowest BCUT2D eigenvalue weighted by Crippen LogP contribution is -2.21. The fraction of sp³-hybridized carbons (Fsp3) is 0.800. The Hall–Kier alpha value is -0.450. The molecular formula is C15H26N2OS. The van der Waals surface area contributed by atoms with Gasteiger partial charge in [0.2, 0.25) is 0 Å². The van der Waals surface area contributed by atoms with Crippen LogP contribution in [0.25, 0.3) is 0 Å². The van der Waals surface area contributed by atoms with Crippen molar-refractivity contribution in [3.8, 4) is 0 Å². The van der Waals surface area contributed by atoms with Crippen LogP contribution in [-0.2, 0) is 17.9 Å². The first kappa shape index (κ1) is 14.9. The van der Waals surface area contributed by atoms with E-state index in [1.54, 1.807) is 11.3 Å². The van der Waals surface area contributed by atoms with Crippen molar-refractivity contribution in [1.29, 1.82) is 0 Å². The Kier molecular flexibility index (Phi) is 6.28. The highest BCUT2D eigenvalue weighted by Gasteiger charge is 2.13. The molecule has 1 heterocycles. The summed E-state index contributed by atoms with van der Waals surface area (Å²) < 4.78 is 5.82. The molecule has 1 N–H and O–H groups in total. The van der Waals surface area contributed by atoms with Gasteiger partial charge in [-0.1, -0.05) is 33.1 Å². The summed E-state index contributed by atoms with van der Waals surface area (Å²) in [4.78, 5) is 4.60. The average molecular weight is 282 g/mol. The Balaban J connectivity index is 1.65. The summed E-state index contributed by atoms with van der Waals surface area (Å²) in [5, 5.41) is 6.67. The minimum Gasteiger partial charge on any atom is -0.375 e. The van der Waals surface area contributed by atoms with Gasteiger partial charge in [0.1, 0.15) is 5.01 Å². The number of ether oxygens (including phenoxy) is 1. The van der Waals surface area contributed by atoms with E-state index in [1.807, 2.05) is 0 Å². The van der Waals surface area contributed by atoms with Crippen molar-refractivity contribution < 1.29 is 4.74 Å². The van der Waals surface area contributed by atoms with Crippen LogP contribution in [0.4, 0.5) is 0 Å². The van der Waals surface area contributed by atoms with Crippen LogP contribution in [0.1, 0.15) is 56.7 Å². The van der Waals surface area contributed by atoms with Crippen molar-refractivity contribution >= 4 is 11.3 Å². The molecule has 1 aliphatic rings. The van der Waals surface area contributed by atoms with Crippen molar-refractivity contribution in [2.24, 2.45) is 5.92 Å².